The van der Waals surface area contributed by atoms with Crippen LogP contribution in [0.3, 0.4) is 0 Å². The van der Waals surface area contributed by atoms with Crippen molar-refractivity contribution >= 4 is 23.2 Å². The van der Waals surface area contributed by atoms with Crippen LogP contribution in [0.5, 0.6) is 0 Å². The van der Waals surface area contributed by atoms with Gasteiger partial charge in [0.25, 0.3) is 17.4 Å². The molecule has 2 amide bonds. The van der Waals surface area contributed by atoms with Gasteiger partial charge < -0.3 is 25.3 Å². The monoisotopic (exact) mass is 480 g/mol. The number of nitrogens with one attached hydrogen (secondary N) is 3. The number of aromatic nitrogens is 1. The van der Waals surface area contributed by atoms with Crippen molar-refractivity contribution in [2.75, 3.05) is 30.0 Å². The quantitative estimate of drug-likeness (QED) is 0.499. The van der Waals surface area contributed by atoms with Crippen molar-refractivity contribution in [3.05, 3.63) is 68.7 Å². The van der Waals surface area contributed by atoms with E-state index in [1.165, 1.54) is 0 Å². The highest BCUT2D eigenvalue weighted by Gasteiger charge is 2.25. The first-order chi connectivity index (χ1) is 16.6. The second-order valence-electron chi connectivity index (χ2n) is 9.16. The van der Waals surface area contributed by atoms with E-state index >= 15 is 0 Å². The Morgan fingerprint density at radius 3 is 2.46 bits per heavy atom. The average Bonchev–Trinajstić information content (AvgIpc) is 2.81. The summed E-state index contributed by atoms with van der Waals surface area (Å²) >= 11 is 0. The smallest absolute Gasteiger partial charge is 0.253 e. The number of benzene rings is 1. The van der Waals surface area contributed by atoms with Crippen LogP contribution < -0.4 is 21.1 Å². The van der Waals surface area contributed by atoms with Crippen molar-refractivity contribution in [2.45, 2.75) is 60.0 Å². The maximum absolute atomic E-state index is 13.3. The Balaban J connectivity index is 1.97. The lowest BCUT2D eigenvalue weighted by atomic mass is 9.99. The molecule has 1 aliphatic heterocycles. The van der Waals surface area contributed by atoms with Crippen LogP contribution >= 0.6 is 0 Å². The van der Waals surface area contributed by atoms with Gasteiger partial charge in [-0.3, -0.25) is 14.4 Å². The summed E-state index contributed by atoms with van der Waals surface area (Å²) in [4.78, 5) is 43.2. The van der Waals surface area contributed by atoms with E-state index in [0.29, 0.717) is 35.6 Å². The number of hydrogen-bond donors (Lipinski definition) is 3. The van der Waals surface area contributed by atoms with Gasteiger partial charge in [0.15, 0.2) is 0 Å². The van der Waals surface area contributed by atoms with Crippen LogP contribution in [-0.2, 0) is 16.1 Å². The van der Waals surface area contributed by atoms with Crippen molar-refractivity contribution in [1.82, 2.24) is 10.3 Å². The van der Waals surface area contributed by atoms with Crippen LogP contribution in [0.15, 0.2) is 35.1 Å². The molecule has 0 radical (unpaired) electrons. The van der Waals surface area contributed by atoms with Gasteiger partial charge in [-0.1, -0.05) is 6.58 Å². The predicted molar refractivity (Wildman–Crippen MR) is 139 cm³/mol. The third kappa shape index (κ3) is 6.19. The lowest BCUT2D eigenvalue weighted by molar-refractivity contribution is -0.112. The molecule has 1 aromatic carbocycles. The minimum absolute atomic E-state index is 0.106. The summed E-state index contributed by atoms with van der Waals surface area (Å²) < 4.78 is 5.54. The van der Waals surface area contributed by atoms with E-state index in [4.69, 9.17) is 4.74 Å². The molecule has 0 unspecified atom stereocenters. The summed E-state index contributed by atoms with van der Waals surface area (Å²) in [6.45, 7) is 15.3. The number of nitrogens with zero attached hydrogens (tertiary/aromatic N) is 1. The summed E-state index contributed by atoms with van der Waals surface area (Å²) in [5.74, 6) is -0.611. The van der Waals surface area contributed by atoms with Crippen LogP contribution in [0.2, 0.25) is 0 Å². The van der Waals surface area contributed by atoms with Crippen LogP contribution in [0, 0.1) is 20.8 Å². The fourth-order valence-corrected chi connectivity index (χ4v) is 4.53. The highest BCUT2D eigenvalue weighted by Crippen LogP contribution is 2.32. The predicted octanol–water partition coefficient (Wildman–Crippen LogP) is 3.75. The first-order valence-electron chi connectivity index (χ1n) is 12.1. The first kappa shape index (κ1) is 26.2. The van der Waals surface area contributed by atoms with Crippen molar-refractivity contribution in [3.8, 4) is 0 Å². The Morgan fingerprint density at radius 2 is 1.86 bits per heavy atom. The molecule has 1 saturated heterocycles. The molecule has 0 aliphatic carbocycles. The van der Waals surface area contributed by atoms with Crippen molar-refractivity contribution < 1.29 is 14.3 Å². The van der Waals surface area contributed by atoms with Gasteiger partial charge in [0, 0.05) is 66.1 Å². The molecule has 35 heavy (non-hydrogen) atoms. The number of rotatable bonds is 8. The number of carbonyl (C=O) groups is 2. The molecule has 0 spiro atoms. The molecule has 3 N–H and O–H groups in total. The standard InChI is InChI=1S/C27H36N4O4/c1-7-31(21-8-10-35-11-9-21)24-14-20(30-25(32)16(2)3)13-22(19(24)6)26(33)28-15-23-17(4)12-18(5)29-27(23)34/h12-14,21H,2,7-11,15H2,1,3-6H3,(H,28,33)(H,29,34)(H,30,32). The minimum atomic E-state index is -0.308. The van der Waals surface area contributed by atoms with Gasteiger partial charge in [-0.15, -0.1) is 0 Å². The molecule has 3 rings (SSSR count). The zero-order valence-electron chi connectivity index (χ0n) is 21.3. The maximum Gasteiger partial charge on any atom is 0.253 e. The van der Waals surface area contributed by atoms with E-state index in [-0.39, 0.29) is 30.0 Å². The minimum Gasteiger partial charge on any atom is -0.381 e. The number of ether oxygens (including phenoxy) is 1. The molecule has 8 nitrogen and oxygen atoms in total. The second kappa shape index (κ2) is 11.4. The van der Waals surface area contributed by atoms with E-state index in [9.17, 15) is 14.4 Å². The van der Waals surface area contributed by atoms with Gasteiger partial charge in [0.2, 0.25) is 0 Å². The zero-order valence-corrected chi connectivity index (χ0v) is 21.3. The summed E-state index contributed by atoms with van der Waals surface area (Å²) in [7, 11) is 0. The molecule has 2 aromatic rings. The summed E-state index contributed by atoms with van der Waals surface area (Å²) in [5, 5.41) is 5.76. The Labute approximate surface area is 206 Å². The van der Waals surface area contributed by atoms with Crippen LogP contribution in [0.1, 0.15) is 59.4 Å². The number of aryl methyl sites for hydroxylation is 2. The molecule has 1 fully saturated rings. The summed E-state index contributed by atoms with van der Waals surface area (Å²) in [6.07, 6.45) is 1.79. The number of hydrogen-bond acceptors (Lipinski definition) is 5. The Kier molecular flexibility index (Phi) is 8.51. The van der Waals surface area contributed by atoms with Crippen LogP contribution in [-0.4, -0.2) is 42.6 Å². The van der Waals surface area contributed by atoms with E-state index in [0.717, 1.165) is 41.9 Å². The number of carbonyl (C=O) groups excluding carboxylic acids is 2. The van der Waals surface area contributed by atoms with Gasteiger partial charge in [-0.25, -0.2) is 0 Å². The normalized spacial score (nSPS) is 13.9. The Morgan fingerprint density at radius 1 is 1.17 bits per heavy atom. The SMILES string of the molecule is C=C(C)C(=O)Nc1cc(C(=O)NCc2c(C)cc(C)[nH]c2=O)c(C)c(N(CC)C2CCOCC2)c1. The molecule has 1 aromatic heterocycles. The Hall–Kier alpha value is -3.39. The lowest BCUT2D eigenvalue weighted by Crippen LogP contribution is -2.40. The topological polar surface area (TPSA) is 104 Å². The van der Waals surface area contributed by atoms with Gasteiger partial charge in [-0.2, -0.15) is 0 Å². The van der Waals surface area contributed by atoms with Crippen LogP contribution in [0.4, 0.5) is 11.4 Å². The number of H-pyrrole nitrogens is 1. The number of amides is 2. The van der Waals surface area contributed by atoms with Crippen molar-refractivity contribution in [3.63, 3.8) is 0 Å². The van der Waals surface area contributed by atoms with Gasteiger partial charge in [-0.05, 0) is 76.8 Å². The maximum atomic E-state index is 13.3. The second-order valence-corrected chi connectivity index (χ2v) is 9.16. The lowest BCUT2D eigenvalue weighted by Gasteiger charge is -2.37. The van der Waals surface area contributed by atoms with Crippen molar-refractivity contribution in [2.24, 2.45) is 0 Å². The molecule has 0 bridgehead atoms. The molecule has 2 heterocycles. The third-order valence-electron chi connectivity index (χ3n) is 6.47. The number of pyridine rings is 1. The van der Waals surface area contributed by atoms with Gasteiger partial charge >= 0.3 is 0 Å². The highest BCUT2D eigenvalue weighted by atomic mass is 16.5. The van der Waals surface area contributed by atoms with Gasteiger partial charge in [0.05, 0.1) is 0 Å². The van der Waals surface area contributed by atoms with E-state index in [2.05, 4.69) is 34.0 Å². The molecule has 0 saturated carbocycles. The average molecular weight is 481 g/mol. The molecule has 1 aliphatic rings. The first-order valence-corrected chi connectivity index (χ1v) is 12.1. The molecule has 8 heteroatoms. The van der Waals surface area contributed by atoms with E-state index in [1.54, 1.807) is 13.0 Å². The Bertz CT molecular complexity index is 1180. The fourth-order valence-electron chi connectivity index (χ4n) is 4.53. The van der Waals surface area contributed by atoms with E-state index < -0.39 is 0 Å². The van der Waals surface area contributed by atoms with Crippen LogP contribution in [0.25, 0.3) is 0 Å². The highest BCUT2D eigenvalue weighted by molar-refractivity contribution is 6.05. The molecular weight excluding hydrogens is 444 g/mol. The summed E-state index contributed by atoms with van der Waals surface area (Å²) in [5.41, 5.74) is 4.98. The number of aromatic amines is 1. The largest absolute Gasteiger partial charge is 0.381 e. The molecule has 0 atom stereocenters. The summed E-state index contributed by atoms with van der Waals surface area (Å²) in [6, 6.07) is 5.76. The van der Waals surface area contributed by atoms with E-state index in [1.807, 2.05) is 32.9 Å². The third-order valence-corrected chi connectivity index (χ3v) is 6.47. The molecular formula is C27H36N4O4. The fraction of sp³-hybridized carbons (Fsp3) is 0.444. The number of anilines is 2. The molecule has 188 valence electrons. The zero-order chi connectivity index (χ0) is 25.7. The van der Waals surface area contributed by atoms with Gasteiger partial charge in [0.1, 0.15) is 0 Å². The van der Waals surface area contributed by atoms with Crippen molar-refractivity contribution in [1.29, 1.82) is 0 Å².